The molecule has 0 saturated heterocycles. The molecule has 0 unspecified atom stereocenters. The van der Waals surface area contributed by atoms with E-state index in [2.05, 4.69) is 17.2 Å². The van der Waals surface area contributed by atoms with Crippen LogP contribution in [0.25, 0.3) is 9.88 Å². The van der Waals surface area contributed by atoms with Crippen LogP contribution in [0.2, 0.25) is 0 Å². The molecule has 0 spiro atoms. The Balaban J connectivity index is 1.78. The number of amides is 1. The first-order valence-corrected chi connectivity index (χ1v) is 8.17. The number of thiazole rings is 1. The van der Waals surface area contributed by atoms with Crippen molar-refractivity contribution >= 4 is 28.6 Å². The molecule has 2 heterocycles. The Hall–Kier alpha value is -1.20. The van der Waals surface area contributed by atoms with Gasteiger partial charge in [-0.15, -0.1) is 22.7 Å². The summed E-state index contributed by atoms with van der Waals surface area (Å²) in [5.74, 6) is 0.700. The van der Waals surface area contributed by atoms with Crippen molar-refractivity contribution in [1.82, 2.24) is 10.3 Å². The number of carbonyl (C=O) groups is 1. The van der Waals surface area contributed by atoms with E-state index in [0.717, 1.165) is 20.5 Å². The van der Waals surface area contributed by atoms with Gasteiger partial charge in [-0.05, 0) is 44.1 Å². The quantitative estimate of drug-likeness (QED) is 0.933. The highest BCUT2D eigenvalue weighted by Gasteiger charge is 2.29. The van der Waals surface area contributed by atoms with Gasteiger partial charge in [-0.1, -0.05) is 6.07 Å². The lowest BCUT2D eigenvalue weighted by molar-refractivity contribution is 0.0939. The van der Waals surface area contributed by atoms with Gasteiger partial charge in [0.2, 0.25) is 0 Å². The van der Waals surface area contributed by atoms with Gasteiger partial charge in [0, 0.05) is 6.04 Å². The van der Waals surface area contributed by atoms with E-state index in [1.807, 2.05) is 24.4 Å². The molecule has 2 aromatic rings. The molecule has 2 aromatic heterocycles. The zero-order valence-electron chi connectivity index (χ0n) is 11.0. The SMILES string of the molecule is Cc1nc(-c2cccs2)sc1C(=O)N[C@H](C)C1CC1. The molecule has 1 atom stereocenters. The second-order valence-corrected chi connectivity index (χ2v) is 6.96. The Bertz CT molecular complexity index is 585. The van der Waals surface area contributed by atoms with Crippen LogP contribution in [0.1, 0.15) is 35.1 Å². The molecule has 0 aromatic carbocycles. The first kappa shape index (κ1) is 12.8. The van der Waals surface area contributed by atoms with Crippen LogP contribution in [0.5, 0.6) is 0 Å². The Morgan fingerprint density at radius 1 is 1.53 bits per heavy atom. The summed E-state index contributed by atoms with van der Waals surface area (Å²) in [6.07, 6.45) is 2.48. The molecule has 100 valence electrons. The van der Waals surface area contributed by atoms with Crippen molar-refractivity contribution in [3.63, 3.8) is 0 Å². The lowest BCUT2D eigenvalue weighted by Gasteiger charge is -2.11. The summed E-state index contributed by atoms with van der Waals surface area (Å²) >= 11 is 3.14. The van der Waals surface area contributed by atoms with Crippen molar-refractivity contribution < 1.29 is 4.79 Å². The van der Waals surface area contributed by atoms with E-state index in [0.29, 0.717) is 5.92 Å². The van der Waals surface area contributed by atoms with Gasteiger partial charge in [0.1, 0.15) is 9.88 Å². The molecule has 19 heavy (non-hydrogen) atoms. The highest BCUT2D eigenvalue weighted by Crippen LogP contribution is 2.34. The fourth-order valence-electron chi connectivity index (χ4n) is 2.10. The zero-order valence-corrected chi connectivity index (χ0v) is 12.6. The number of thiophene rings is 1. The van der Waals surface area contributed by atoms with Crippen molar-refractivity contribution in [3.05, 3.63) is 28.1 Å². The molecule has 3 rings (SSSR count). The molecule has 1 aliphatic rings. The van der Waals surface area contributed by atoms with Gasteiger partial charge in [-0.2, -0.15) is 0 Å². The highest BCUT2D eigenvalue weighted by molar-refractivity contribution is 7.22. The maximum absolute atomic E-state index is 12.3. The van der Waals surface area contributed by atoms with Crippen LogP contribution in [0.3, 0.4) is 0 Å². The molecule has 1 amide bonds. The van der Waals surface area contributed by atoms with Crippen LogP contribution in [0, 0.1) is 12.8 Å². The second kappa shape index (κ2) is 5.06. The Kier molecular flexibility index (Phi) is 3.41. The third kappa shape index (κ3) is 2.72. The summed E-state index contributed by atoms with van der Waals surface area (Å²) in [5.41, 5.74) is 0.828. The summed E-state index contributed by atoms with van der Waals surface area (Å²) < 4.78 is 0. The van der Waals surface area contributed by atoms with E-state index >= 15 is 0 Å². The lowest BCUT2D eigenvalue weighted by Crippen LogP contribution is -2.33. The number of aryl methyl sites for hydroxylation is 1. The lowest BCUT2D eigenvalue weighted by atomic mass is 10.2. The number of nitrogens with zero attached hydrogens (tertiary/aromatic N) is 1. The number of rotatable bonds is 4. The first-order chi connectivity index (χ1) is 9.15. The molecule has 0 radical (unpaired) electrons. The molecule has 1 N–H and O–H groups in total. The van der Waals surface area contributed by atoms with Gasteiger partial charge >= 0.3 is 0 Å². The molecule has 1 aliphatic carbocycles. The normalized spacial score (nSPS) is 16.3. The Morgan fingerprint density at radius 3 is 2.95 bits per heavy atom. The summed E-state index contributed by atoms with van der Waals surface area (Å²) in [5, 5.41) is 6.06. The fourth-order valence-corrected chi connectivity index (χ4v) is 3.87. The van der Waals surface area contributed by atoms with E-state index in [9.17, 15) is 4.79 Å². The standard InChI is InChI=1S/C14H16N2OS2/c1-8(10-5-6-10)15-13(17)12-9(2)16-14(19-12)11-4-3-7-18-11/h3-4,7-8,10H,5-6H2,1-2H3,(H,15,17)/t8-/m1/s1. The fraction of sp³-hybridized carbons (Fsp3) is 0.429. The second-order valence-electron chi connectivity index (χ2n) is 5.01. The Labute approximate surface area is 120 Å². The minimum Gasteiger partial charge on any atom is -0.349 e. The summed E-state index contributed by atoms with van der Waals surface area (Å²) in [6.45, 7) is 4.00. The van der Waals surface area contributed by atoms with Crippen molar-refractivity contribution in [2.24, 2.45) is 5.92 Å². The van der Waals surface area contributed by atoms with Crippen molar-refractivity contribution in [2.45, 2.75) is 32.7 Å². The number of nitrogens with one attached hydrogen (secondary N) is 1. The van der Waals surface area contributed by atoms with E-state index < -0.39 is 0 Å². The van der Waals surface area contributed by atoms with Gasteiger partial charge < -0.3 is 5.32 Å². The monoisotopic (exact) mass is 292 g/mol. The Morgan fingerprint density at radius 2 is 2.32 bits per heavy atom. The van der Waals surface area contributed by atoms with Crippen molar-refractivity contribution in [1.29, 1.82) is 0 Å². The molecule has 0 bridgehead atoms. The maximum atomic E-state index is 12.3. The number of hydrogen-bond donors (Lipinski definition) is 1. The molecule has 0 aliphatic heterocycles. The molecule has 5 heteroatoms. The van der Waals surface area contributed by atoms with Crippen LogP contribution in [0.15, 0.2) is 17.5 Å². The van der Waals surface area contributed by atoms with Gasteiger partial charge in [-0.3, -0.25) is 4.79 Å². The predicted octanol–water partition coefficient (Wildman–Crippen LogP) is 3.71. The average Bonchev–Trinajstić information content (AvgIpc) is 2.94. The van der Waals surface area contributed by atoms with Gasteiger partial charge in [0.25, 0.3) is 5.91 Å². The summed E-state index contributed by atoms with van der Waals surface area (Å²) in [6, 6.07) is 4.32. The zero-order chi connectivity index (χ0) is 13.4. The van der Waals surface area contributed by atoms with Gasteiger partial charge in [0.05, 0.1) is 10.6 Å². The van der Waals surface area contributed by atoms with Crippen LogP contribution < -0.4 is 5.32 Å². The van der Waals surface area contributed by atoms with Gasteiger partial charge in [-0.25, -0.2) is 4.98 Å². The smallest absolute Gasteiger partial charge is 0.263 e. The number of aromatic nitrogens is 1. The van der Waals surface area contributed by atoms with Crippen molar-refractivity contribution in [3.8, 4) is 9.88 Å². The van der Waals surface area contributed by atoms with Crippen LogP contribution >= 0.6 is 22.7 Å². The van der Waals surface area contributed by atoms with E-state index in [4.69, 9.17) is 0 Å². The van der Waals surface area contributed by atoms with Crippen molar-refractivity contribution in [2.75, 3.05) is 0 Å². The molecular formula is C14H16N2OS2. The largest absolute Gasteiger partial charge is 0.349 e. The van der Waals surface area contributed by atoms with E-state index in [1.165, 1.54) is 24.2 Å². The molecular weight excluding hydrogens is 276 g/mol. The van der Waals surface area contributed by atoms with Gasteiger partial charge in [0.15, 0.2) is 0 Å². The number of carbonyl (C=O) groups excluding carboxylic acids is 1. The van der Waals surface area contributed by atoms with E-state index in [1.54, 1.807) is 11.3 Å². The molecule has 3 nitrogen and oxygen atoms in total. The highest BCUT2D eigenvalue weighted by atomic mass is 32.1. The minimum atomic E-state index is 0.0252. The predicted molar refractivity (Wildman–Crippen MR) is 79.8 cm³/mol. The van der Waals surface area contributed by atoms with E-state index in [-0.39, 0.29) is 11.9 Å². The third-order valence-electron chi connectivity index (χ3n) is 3.42. The van der Waals surface area contributed by atoms with Crippen LogP contribution in [-0.4, -0.2) is 16.9 Å². The average molecular weight is 292 g/mol. The van der Waals surface area contributed by atoms with Crippen LogP contribution in [-0.2, 0) is 0 Å². The topological polar surface area (TPSA) is 42.0 Å². The summed E-state index contributed by atoms with van der Waals surface area (Å²) in [4.78, 5) is 18.6. The summed E-state index contributed by atoms with van der Waals surface area (Å²) in [7, 11) is 0. The minimum absolute atomic E-state index is 0.0252. The third-order valence-corrected chi connectivity index (χ3v) is 5.62. The first-order valence-electron chi connectivity index (χ1n) is 6.47. The van der Waals surface area contributed by atoms with Crippen LogP contribution in [0.4, 0.5) is 0 Å². The maximum Gasteiger partial charge on any atom is 0.263 e. The molecule has 1 fully saturated rings. The molecule has 1 saturated carbocycles. The number of hydrogen-bond acceptors (Lipinski definition) is 4.